The average Bonchev–Trinajstić information content (AvgIpc) is 3.56. The smallest absolute Gasteiger partial charge is 0.327 e. The van der Waals surface area contributed by atoms with E-state index in [1.807, 2.05) is 33.5 Å². The molecule has 2 heterocycles. The van der Waals surface area contributed by atoms with Gasteiger partial charge in [0.05, 0.1) is 12.0 Å². The van der Waals surface area contributed by atoms with Crippen LogP contribution in [0.25, 0.3) is 11.3 Å². The quantitative estimate of drug-likeness (QED) is 0.254. The molecule has 0 radical (unpaired) electrons. The third-order valence-corrected chi connectivity index (χ3v) is 6.53. The maximum Gasteiger partial charge on any atom is 0.327 e. The monoisotopic (exact) mass is 477 g/mol. The summed E-state index contributed by atoms with van der Waals surface area (Å²) in [6.45, 7) is 2.16. The highest BCUT2D eigenvalue weighted by atomic mass is 16.1. The van der Waals surface area contributed by atoms with E-state index in [0.29, 0.717) is 6.54 Å². The highest BCUT2D eigenvalue weighted by Crippen LogP contribution is 2.29. The van der Waals surface area contributed by atoms with Crippen LogP contribution in [0.2, 0.25) is 0 Å². The third-order valence-electron chi connectivity index (χ3n) is 6.53. The maximum atomic E-state index is 13.0. The van der Waals surface area contributed by atoms with Crippen LogP contribution in [-0.4, -0.2) is 25.6 Å². The fraction of sp³-hybridized carbons (Fsp3) is 0.200. The van der Waals surface area contributed by atoms with Crippen LogP contribution < -0.4 is 11.0 Å². The van der Waals surface area contributed by atoms with Crippen LogP contribution in [0, 0.1) is 0 Å². The molecule has 6 heteroatoms. The van der Waals surface area contributed by atoms with Gasteiger partial charge in [-0.1, -0.05) is 91.0 Å². The summed E-state index contributed by atoms with van der Waals surface area (Å²) in [6.07, 6.45) is 7.26. The summed E-state index contributed by atoms with van der Waals surface area (Å²) < 4.78 is 3.88. The number of imidazole rings is 2. The highest BCUT2D eigenvalue weighted by molar-refractivity contribution is 5.72. The standard InChI is InChI=1S/C30H31N5O/c36-30-33-29(32-18-17-27(24-11-4-1-5-12-24)25-13-6-2-7-14-25)28(26-15-8-3-9-16-26)35(30)21-10-20-34-22-19-31-23-34/h1-9,11-16,19,22-23,27,32H,10,17-18,20-21H2,(H,33,36). The Morgan fingerprint density at radius 2 is 1.47 bits per heavy atom. The molecular weight excluding hydrogens is 446 g/mol. The molecule has 182 valence electrons. The van der Waals surface area contributed by atoms with E-state index >= 15 is 0 Å². The number of H-pyrrole nitrogens is 1. The zero-order chi connectivity index (χ0) is 24.6. The molecule has 0 atom stereocenters. The number of nitrogens with zero attached hydrogens (tertiary/aromatic N) is 3. The van der Waals surface area contributed by atoms with Gasteiger partial charge in [0, 0.05) is 43.5 Å². The first-order valence-corrected chi connectivity index (χ1v) is 12.5. The number of benzene rings is 3. The number of hydrogen-bond acceptors (Lipinski definition) is 3. The zero-order valence-corrected chi connectivity index (χ0v) is 20.3. The molecule has 0 fully saturated rings. The van der Waals surface area contributed by atoms with Gasteiger partial charge in [-0.25, -0.2) is 9.78 Å². The van der Waals surface area contributed by atoms with E-state index in [1.54, 1.807) is 12.5 Å². The van der Waals surface area contributed by atoms with Crippen molar-refractivity contribution in [1.29, 1.82) is 0 Å². The lowest BCUT2D eigenvalue weighted by Gasteiger charge is -2.19. The average molecular weight is 478 g/mol. The van der Waals surface area contributed by atoms with Crippen molar-refractivity contribution < 1.29 is 0 Å². The van der Waals surface area contributed by atoms with Crippen molar-refractivity contribution in [3.63, 3.8) is 0 Å². The lowest BCUT2D eigenvalue weighted by atomic mass is 9.88. The minimum atomic E-state index is -0.0929. The van der Waals surface area contributed by atoms with Crippen LogP contribution in [0.15, 0.2) is 115 Å². The lowest BCUT2D eigenvalue weighted by molar-refractivity contribution is 0.557. The minimum Gasteiger partial charge on any atom is -0.370 e. The van der Waals surface area contributed by atoms with Crippen molar-refractivity contribution in [3.05, 3.63) is 131 Å². The molecule has 5 rings (SSSR count). The first-order chi connectivity index (χ1) is 17.8. The molecule has 5 aromatic rings. The number of aromatic nitrogens is 4. The first-order valence-electron chi connectivity index (χ1n) is 12.5. The molecule has 0 aliphatic carbocycles. The Balaban J connectivity index is 1.36. The van der Waals surface area contributed by atoms with Crippen LogP contribution in [0.5, 0.6) is 0 Å². The van der Waals surface area contributed by atoms with E-state index in [9.17, 15) is 4.79 Å². The summed E-state index contributed by atoms with van der Waals surface area (Å²) in [5, 5.41) is 3.56. The molecule has 0 amide bonds. The summed E-state index contributed by atoms with van der Waals surface area (Å²) >= 11 is 0. The first kappa shape index (κ1) is 23.4. The van der Waals surface area contributed by atoms with Crippen LogP contribution in [0.1, 0.15) is 29.9 Å². The van der Waals surface area contributed by atoms with Crippen LogP contribution in [-0.2, 0) is 13.1 Å². The summed E-state index contributed by atoms with van der Waals surface area (Å²) in [5.41, 5.74) is 4.41. The number of rotatable bonds is 11. The Labute approximate surface area is 211 Å². The molecule has 0 saturated heterocycles. The zero-order valence-electron chi connectivity index (χ0n) is 20.3. The maximum absolute atomic E-state index is 13.0. The van der Waals surface area contributed by atoms with Gasteiger partial charge in [-0.05, 0) is 24.0 Å². The van der Waals surface area contributed by atoms with Gasteiger partial charge < -0.3 is 9.88 Å². The molecule has 6 nitrogen and oxygen atoms in total. The van der Waals surface area contributed by atoms with Crippen molar-refractivity contribution in [2.45, 2.75) is 31.8 Å². The van der Waals surface area contributed by atoms with Crippen molar-refractivity contribution in [2.75, 3.05) is 11.9 Å². The Morgan fingerprint density at radius 3 is 2.08 bits per heavy atom. The number of aromatic amines is 1. The molecule has 2 N–H and O–H groups in total. The van der Waals surface area contributed by atoms with Crippen molar-refractivity contribution in [2.24, 2.45) is 0 Å². The number of hydrogen-bond donors (Lipinski definition) is 2. The van der Waals surface area contributed by atoms with Gasteiger partial charge in [0.25, 0.3) is 0 Å². The minimum absolute atomic E-state index is 0.0929. The van der Waals surface area contributed by atoms with Crippen molar-refractivity contribution in [1.82, 2.24) is 19.1 Å². The molecule has 0 aliphatic rings. The third kappa shape index (κ3) is 5.49. The van der Waals surface area contributed by atoms with Crippen LogP contribution in [0.4, 0.5) is 5.82 Å². The largest absolute Gasteiger partial charge is 0.370 e. The van der Waals surface area contributed by atoms with Crippen LogP contribution in [0.3, 0.4) is 0 Å². The van der Waals surface area contributed by atoms with E-state index in [0.717, 1.165) is 43.0 Å². The molecule has 2 aromatic heterocycles. The molecule has 0 bridgehead atoms. The topological polar surface area (TPSA) is 67.6 Å². The molecule has 36 heavy (non-hydrogen) atoms. The number of aryl methyl sites for hydroxylation is 1. The predicted octanol–water partition coefficient (Wildman–Crippen LogP) is 5.76. The van der Waals surface area contributed by atoms with Crippen molar-refractivity contribution >= 4 is 5.82 Å². The number of anilines is 1. The normalized spacial score (nSPS) is 11.1. The van der Waals surface area contributed by atoms with Gasteiger partial charge in [0.15, 0.2) is 0 Å². The summed E-state index contributed by atoms with van der Waals surface area (Å²) in [4.78, 5) is 20.2. The second kappa shape index (κ2) is 11.4. The molecule has 0 aliphatic heterocycles. The van der Waals surface area contributed by atoms with E-state index in [1.165, 1.54) is 11.1 Å². The molecule has 0 unspecified atom stereocenters. The molecular formula is C30H31N5O. The molecule has 0 spiro atoms. The van der Waals surface area contributed by atoms with Crippen molar-refractivity contribution in [3.8, 4) is 11.3 Å². The van der Waals surface area contributed by atoms with Gasteiger partial charge >= 0.3 is 5.69 Å². The van der Waals surface area contributed by atoms with Gasteiger partial charge in [0.2, 0.25) is 0 Å². The predicted molar refractivity (Wildman–Crippen MR) is 145 cm³/mol. The van der Waals surface area contributed by atoms with E-state index in [4.69, 9.17) is 0 Å². The van der Waals surface area contributed by atoms with E-state index in [2.05, 4.69) is 88.1 Å². The Hall–Kier alpha value is -4.32. The molecule has 0 saturated carbocycles. The summed E-state index contributed by atoms with van der Waals surface area (Å²) in [5.74, 6) is 1.04. The van der Waals surface area contributed by atoms with Gasteiger partial charge in [-0.2, -0.15) is 0 Å². The Morgan fingerprint density at radius 1 is 0.833 bits per heavy atom. The van der Waals surface area contributed by atoms with Gasteiger partial charge in [-0.3, -0.25) is 9.55 Å². The van der Waals surface area contributed by atoms with E-state index in [-0.39, 0.29) is 11.6 Å². The fourth-order valence-corrected chi connectivity index (χ4v) is 4.78. The fourth-order valence-electron chi connectivity index (χ4n) is 4.78. The lowest BCUT2D eigenvalue weighted by Crippen LogP contribution is -2.18. The van der Waals surface area contributed by atoms with Crippen LogP contribution >= 0.6 is 0 Å². The Kier molecular flexibility index (Phi) is 7.42. The summed E-state index contributed by atoms with van der Waals surface area (Å²) in [7, 11) is 0. The summed E-state index contributed by atoms with van der Waals surface area (Å²) in [6, 6.07) is 31.3. The number of nitrogens with one attached hydrogen (secondary N) is 2. The highest BCUT2D eigenvalue weighted by Gasteiger charge is 2.18. The molecule has 3 aromatic carbocycles. The second-order valence-electron chi connectivity index (χ2n) is 8.91. The Bertz CT molecular complexity index is 1350. The second-order valence-corrected chi connectivity index (χ2v) is 8.91. The van der Waals surface area contributed by atoms with Gasteiger partial charge in [0.1, 0.15) is 5.82 Å². The van der Waals surface area contributed by atoms with E-state index < -0.39 is 0 Å². The van der Waals surface area contributed by atoms with Gasteiger partial charge in [-0.15, -0.1) is 0 Å². The SMILES string of the molecule is O=c1[nH]c(NCCC(c2ccccc2)c2ccccc2)c(-c2ccccc2)n1CCCn1ccnc1.